The molecular weight excluding hydrogens is 673 g/mol. The van der Waals surface area contributed by atoms with Crippen LogP contribution in [0.3, 0.4) is 0 Å². The van der Waals surface area contributed by atoms with Gasteiger partial charge < -0.3 is 13.4 Å². The van der Waals surface area contributed by atoms with Gasteiger partial charge in [-0.15, -0.1) is 0 Å². The Labute approximate surface area is 315 Å². The predicted octanol–water partition coefficient (Wildman–Crippen LogP) is 14.1. The van der Waals surface area contributed by atoms with Crippen LogP contribution in [-0.2, 0) is 0 Å². The van der Waals surface area contributed by atoms with E-state index in [0.29, 0.717) is 0 Å². The van der Waals surface area contributed by atoms with Gasteiger partial charge in [-0.2, -0.15) is 0 Å². The first-order chi connectivity index (χ1) is 27.2. The maximum Gasteiger partial charge on any atom is 0.159 e. The van der Waals surface area contributed by atoms with Gasteiger partial charge in [-0.1, -0.05) is 121 Å². The Kier molecular flexibility index (Phi) is 6.31. The van der Waals surface area contributed by atoms with Crippen molar-refractivity contribution in [2.75, 3.05) is 0 Å². The van der Waals surface area contributed by atoms with Crippen LogP contribution in [0.2, 0.25) is 0 Å². The van der Waals surface area contributed by atoms with Crippen LogP contribution in [0.5, 0.6) is 0 Å². The molecule has 0 unspecified atom stereocenters. The number of para-hydroxylation sites is 3. The van der Waals surface area contributed by atoms with Gasteiger partial charge in [-0.05, 0) is 77.2 Å². The van der Waals surface area contributed by atoms with Crippen LogP contribution in [0.1, 0.15) is 0 Å². The molecule has 0 aliphatic rings. The molecule has 4 heteroatoms. The van der Waals surface area contributed by atoms with Crippen LogP contribution in [0, 0.1) is 0 Å². The number of benzene rings is 8. The minimum atomic E-state index is 0.834. The molecule has 0 aliphatic heterocycles. The molecule has 0 aliphatic carbocycles. The van der Waals surface area contributed by atoms with Gasteiger partial charge >= 0.3 is 0 Å². The summed E-state index contributed by atoms with van der Waals surface area (Å²) in [5, 5.41) is 9.08. The van der Waals surface area contributed by atoms with Crippen molar-refractivity contribution in [2.24, 2.45) is 0 Å². The Morgan fingerprint density at radius 2 is 1.04 bits per heavy atom. The average molecular weight is 703 g/mol. The number of pyridine rings is 1. The lowest BCUT2D eigenvalue weighted by molar-refractivity contribution is 0.666. The summed E-state index contributed by atoms with van der Waals surface area (Å²) >= 11 is 0. The van der Waals surface area contributed by atoms with Crippen LogP contribution in [-0.4, -0.2) is 9.55 Å². The highest BCUT2D eigenvalue weighted by molar-refractivity contribution is 6.14. The molecule has 0 bridgehead atoms. The molecule has 55 heavy (non-hydrogen) atoms. The van der Waals surface area contributed by atoms with Crippen molar-refractivity contribution in [3.8, 4) is 39.3 Å². The fraction of sp³-hybridized carbons (Fsp3) is 0. The molecular formula is C51H30N2O2. The maximum atomic E-state index is 6.90. The van der Waals surface area contributed by atoms with Gasteiger partial charge in [-0.25, -0.2) is 4.98 Å². The summed E-state index contributed by atoms with van der Waals surface area (Å²) in [5.74, 6) is 0. The third kappa shape index (κ3) is 4.55. The lowest BCUT2D eigenvalue weighted by Gasteiger charge is -2.10. The highest BCUT2D eigenvalue weighted by Gasteiger charge is 2.20. The van der Waals surface area contributed by atoms with E-state index in [1.165, 1.54) is 10.8 Å². The summed E-state index contributed by atoms with van der Waals surface area (Å²) in [7, 11) is 0. The molecule has 4 nitrogen and oxygen atoms in total. The highest BCUT2D eigenvalue weighted by atomic mass is 16.3. The van der Waals surface area contributed by atoms with Crippen molar-refractivity contribution >= 4 is 76.5 Å². The number of hydrogen-bond donors (Lipinski definition) is 0. The minimum Gasteiger partial charge on any atom is -0.456 e. The molecule has 4 heterocycles. The topological polar surface area (TPSA) is 44.1 Å². The summed E-state index contributed by atoms with van der Waals surface area (Å²) in [6.45, 7) is 0. The Balaban J connectivity index is 1.03. The minimum absolute atomic E-state index is 0.834. The largest absolute Gasteiger partial charge is 0.456 e. The van der Waals surface area contributed by atoms with Crippen molar-refractivity contribution in [2.45, 2.75) is 0 Å². The SMILES string of the molecule is c1ccc(-c2cc3ccccc3c(-c3ccc4c(c3)oc3c(-n5c6ccccc6c6cc(-c7ccc8oc9ccccc9c8c7)ccc65)cccc34)n2)cc1. The number of fused-ring (bicyclic) bond motifs is 10. The number of furan rings is 2. The molecule has 256 valence electrons. The lowest BCUT2D eigenvalue weighted by atomic mass is 10.00. The molecule has 0 saturated carbocycles. The zero-order valence-corrected chi connectivity index (χ0v) is 29.5. The van der Waals surface area contributed by atoms with Gasteiger partial charge in [0.25, 0.3) is 0 Å². The molecule has 0 atom stereocenters. The van der Waals surface area contributed by atoms with Gasteiger partial charge in [0.1, 0.15) is 16.7 Å². The van der Waals surface area contributed by atoms with Gasteiger partial charge in [0.15, 0.2) is 5.58 Å². The molecule has 12 aromatic rings. The first kappa shape index (κ1) is 30.1. The third-order valence-electron chi connectivity index (χ3n) is 11.2. The smallest absolute Gasteiger partial charge is 0.159 e. The number of nitrogens with zero attached hydrogens (tertiary/aromatic N) is 2. The van der Waals surface area contributed by atoms with Crippen molar-refractivity contribution in [3.05, 3.63) is 182 Å². The second-order valence-corrected chi connectivity index (χ2v) is 14.3. The van der Waals surface area contributed by atoms with Gasteiger partial charge in [-0.3, -0.25) is 0 Å². The maximum absolute atomic E-state index is 6.90. The van der Waals surface area contributed by atoms with E-state index < -0.39 is 0 Å². The van der Waals surface area contributed by atoms with Gasteiger partial charge in [0, 0.05) is 48.8 Å². The van der Waals surface area contributed by atoms with E-state index in [1.54, 1.807) is 0 Å². The first-order valence-electron chi connectivity index (χ1n) is 18.6. The van der Waals surface area contributed by atoms with Crippen LogP contribution in [0.15, 0.2) is 191 Å². The Morgan fingerprint density at radius 1 is 0.364 bits per heavy atom. The van der Waals surface area contributed by atoms with Crippen LogP contribution < -0.4 is 0 Å². The van der Waals surface area contributed by atoms with Crippen molar-refractivity contribution in [3.63, 3.8) is 0 Å². The van der Waals surface area contributed by atoms with E-state index in [1.807, 2.05) is 18.2 Å². The normalized spacial score (nSPS) is 12.0. The van der Waals surface area contributed by atoms with E-state index in [9.17, 15) is 0 Å². The average Bonchev–Trinajstić information content (AvgIpc) is 3.92. The monoisotopic (exact) mass is 702 g/mol. The van der Waals surface area contributed by atoms with E-state index in [-0.39, 0.29) is 0 Å². The number of hydrogen-bond acceptors (Lipinski definition) is 3. The predicted molar refractivity (Wildman–Crippen MR) is 227 cm³/mol. The number of rotatable bonds is 4. The summed E-state index contributed by atoms with van der Waals surface area (Å²) in [6, 6.07) is 64.2. The Morgan fingerprint density at radius 3 is 1.95 bits per heavy atom. The van der Waals surface area contributed by atoms with Crippen molar-refractivity contribution in [1.82, 2.24) is 9.55 Å². The fourth-order valence-electron chi connectivity index (χ4n) is 8.60. The zero-order valence-electron chi connectivity index (χ0n) is 29.5. The van der Waals surface area contributed by atoms with Crippen LogP contribution in [0.4, 0.5) is 0 Å². The molecule has 12 rings (SSSR count). The van der Waals surface area contributed by atoms with Crippen molar-refractivity contribution < 1.29 is 8.83 Å². The standard InChI is InChI=1S/C51H30N2O2/c1-2-11-31(12-3-1)43-29-34-13-4-5-14-36(34)50(52-43)35-21-24-39-40-17-10-19-46(51(40)55-49(39)30-35)53-44-18-8-6-15-37(44)41-27-32(22-25-45(41)53)33-23-26-48-42(28-33)38-16-7-9-20-47(38)54-48/h1-30H. The van der Waals surface area contributed by atoms with E-state index in [0.717, 1.165) is 105 Å². The quantitative estimate of drug-likeness (QED) is 0.183. The van der Waals surface area contributed by atoms with Crippen LogP contribution >= 0.6 is 0 Å². The van der Waals surface area contributed by atoms with E-state index >= 15 is 0 Å². The molecule has 0 radical (unpaired) electrons. The third-order valence-corrected chi connectivity index (χ3v) is 11.2. The molecule has 0 N–H and O–H groups in total. The number of aromatic nitrogens is 2. The fourth-order valence-corrected chi connectivity index (χ4v) is 8.60. The molecule has 8 aromatic carbocycles. The summed E-state index contributed by atoms with van der Waals surface area (Å²) in [5.41, 5.74) is 13.1. The van der Waals surface area contributed by atoms with Crippen LogP contribution in [0.25, 0.3) is 116 Å². The first-order valence-corrected chi connectivity index (χ1v) is 18.6. The lowest BCUT2D eigenvalue weighted by Crippen LogP contribution is -1.94. The second-order valence-electron chi connectivity index (χ2n) is 14.3. The highest BCUT2D eigenvalue weighted by Crippen LogP contribution is 2.41. The van der Waals surface area contributed by atoms with Crippen molar-refractivity contribution in [1.29, 1.82) is 0 Å². The van der Waals surface area contributed by atoms with Gasteiger partial charge in [0.2, 0.25) is 0 Å². The summed E-state index contributed by atoms with van der Waals surface area (Å²) in [4.78, 5) is 5.23. The van der Waals surface area contributed by atoms with E-state index in [4.69, 9.17) is 13.8 Å². The molecule has 4 aromatic heterocycles. The Bertz CT molecular complexity index is 3490. The zero-order chi connectivity index (χ0) is 36.0. The summed E-state index contributed by atoms with van der Waals surface area (Å²) in [6.07, 6.45) is 0. The molecule has 0 amide bonds. The second kappa shape index (κ2) is 11.5. The van der Waals surface area contributed by atoms with E-state index in [2.05, 4.69) is 168 Å². The summed E-state index contributed by atoms with van der Waals surface area (Å²) < 4.78 is 15.4. The molecule has 0 fully saturated rings. The van der Waals surface area contributed by atoms with Gasteiger partial charge in [0.05, 0.1) is 28.1 Å². The molecule has 0 spiro atoms. The Hall–Kier alpha value is -7.43. The molecule has 0 saturated heterocycles.